The molecule has 1 amide bonds. The van der Waals surface area contributed by atoms with Gasteiger partial charge in [-0.25, -0.2) is 0 Å². The Balaban J connectivity index is 1.13. The second-order valence-electron chi connectivity index (χ2n) is 11.5. The molecule has 1 aliphatic heterocycles. The number of aromatic nitrogens is 1. The van der Waals surface area contributed by atoms with Crippen LogP contribution in [0.15, 0.2) is 35.3 Å². The normalized spacial score (nSPS) is 30.6. The van der Waals surface area contributed by atoms with Crippen LogP contribution in [0.2, 0.25) is 0 Å². The number of morpholine rings is 1. The number of ether oxygens (including phenoxy) is 1. The van der Waals surface area contributed by atoms with E-state index in [9.17, 15) is 9.59 Å². The summed E-state index contributed by atoms with van der Waals surface area (Å²) in [6.45, 7) is 5.22. The summed E-state index contributed by atoms with van der Waals surface area (Å²) < 4.78 is 7.22. The molecule has 1 aromatic carbocycles. The fourth-order valence-corrected chi connectivity index (χ4v) is 7.93. The molecule has 5 aliphatic rings. The highest BCUT2D eigenvalue weighted by atomic mass is 16.5. The minimum absolute atomic E-state index is 0.0247. The molecular weight excluding hydrogens is 426 g/mol. The van der Waals surface area contributed by atoms with Gasteiger partial charge in [-0.2, -0.15) is 0 Å². The number of anilines is 1. The predicted molar refractivity (Wildman–Crippen MR) is 134 cm³/mol. The summed E-state index contributed by atoms with van der Waals surface area (Å²) in [7, 11) is 0. The first kappa shape index (κ1) is 22.3. The zero-order valence-electron chi connectivity index (χ0n) is 20.1. The van der Waals surface area contributed by atoms with Crippen LogP contribution in [0.3, 0.4) is 0 Å². The van der Waals surface area contributed by atoms with Crippen molar-refractivity contribution < 1.29 is 9.53 Å². The van der Waals surface area contributed by atoms with Crippen molar-refractivity contribution in [3.8, 4) is 0 Å². The van der Waals surface area contributed by atoms with Gasteiger partial charge in [-0.15, -0.1) is 0 Å². The summed E-state index contributed by atoms with van der Waals surface area (Å²) in [5.74, 6) is 2.65. The number of aryl methyl sites for hydroxylation is 1. The van der Waals surface area contributed by atoms with E-state index in [1.54, 1.807) is 0 Å². The fourth-order valence-electron chi connectivity index (χ4n) is 7.93. The van der Waals surface area contributed by atoms with Crippen LogP contribution in [0.1, 0.15) is 51.4 Å². The van der Waals surface area contributed by atoms with Gasteiger partial charge >= 0.3 is 0 Å². The highest BCUT2D eigenvalue weighted by Gasteiger charge is 2.51. The van der Waals surface area contributed by atoms with Crippen LogP contribution >= 0.6 is 0 Å². The standard InChI is InChI=1S/C28H37N3O3/c32-26(19-28-16-20-13-21(17-28)15-22(14-20)18-28)29-25-4-1-3-24-23(25)5-8-31(27(24)33)7-2-6-30-9-11-34-12-10-30/h1,3-5,8,20-22H,2,6-7,9-19H2,(H,29,32). The Morgan fingerprint density at radius 2 is 1.68 bits per heavy atom. The molecule has 4 aliphatic carbocycles. The Bertz CT molecular complexity index is 1080. The average molecular weight is 464 g/mol. The van der Waals surface area contributed by atoms with E-state index in [0.717, 1.165) is 68.1 Å². The molecule has 2 heterocycles. The van der Waals surface area contributed by atoms with Crippen LogP contribution in [0, 0.1) is 23.2 Å². The first-order chi connectivity index (χ1) is 16.6. The van der Waals surface area contributed by atoms with E-state index in [1.165, 1.54) is 38.5 Å². The van der Waals surface area contributed by atoms with E-state index in [0.29, 0.717) is 18.4 Å². The number of amides is 1. The van der Waals surface area contributed by atoms with Crippen molar-refractivity contribution >= 4 is 22.4 Å². The molecule has 0 atom stereocenters. The maximum Gasteiger partial charge on any atom is 0.258 e. The highest BCUT2D eigenvalue weighted by Crippen LogP contribution is 2.61. The van der Waals surface area contributed by atoms with Crippen molar-refractivity contribution in [3.05, 3.63) is 40.8 Å². The Labute approximate surface area is 201 Å². The summed E-state index contributed by atoms with van der Waals surface area (Å²) >= 11 is 0. The summed E-state index contributed by atoms with van der Waals surface area (Å²) in [6.07, 6.45) is 11.3. The molecule has 182 valence electrons. The number of carbonyl (C=O) groups excluding carboxylic acids is 1. The Hall–Kier alpha value is -2.18. The lowest BCUT2D eigenvalue weighted by molar-refractivity contribution is -0.124. The monoisotopic (exact) mass is 463 g/mol. The molecule has 6 nitrogen and oxygen atoms in total. The number of carbonyl (C=O) groups is 1. The van der Waals surface area contributed by atoms with Crippen molar-refractivity contribution in [2.75, 3.05) is 38.2 Å². The summed E-state index contributed by atoms with van der Waals surface area (Å²) in [5, 5.41) is 4.71. The third-order valence-corrected chi connectivity index (χ3v) is 8.97. The van der Waals surface area contributed by atoms with Gasteiger partial charge < -0.3 is 14.6 Å². The second-order valence-corrected chi connectivity index (χ2v) is 11.5. The largest absolute Gasteiger partial charge is 0.379 e. The molecule has 5 fully saturated rings. The minimum atomic E-state index is 0.0247. The smallest absolute Gasteiger partial charge is 0.258 e. The number of fused-ring (bicyclic) bond motifs is 1. The molecule has 34 heavy (non-hydrogen) atoms. The number of pyridine rings is 1. The zero-order chi connectivity index (χ0) is 23.1. The topological polar surface area (TPSA) is 63.6 Å². The molecule has 1 saturated heterocycles. The molecule has 2 aromatic rings. The quantitative estimate of drug-likeness (QED) is 0.666. The molecule has 6 heteroatoms. The number of hydrogen-bond acceptors (Lipinski definition) is 4. The van der Waals surface area contributed by atoms with Crippen LogP contribution in [-0.2, 0) is 16.1 Å². The first-order valence-electron chi connectivity index (χ1n) is 13.3. The van der Waals surface area contributed by atoms with Crippen LogP contribution in [-0.4, -0.2) is 48.2 Å². The number of hydrogen-bond donors (Lipinski definition) is 1. The van der Waals surface area contributed by atoms with Gasteiger partial charge in [-0.05, 0) is 86.3 Å². The van der Waals surface area contributed by atoms with Crippen LogP contribution < -0.4 is 10.9 Å². The number of benzene rings is 1. The fraction of sp³-hybridized carbons (Fsp3) is 0.643. The van der Waals surface area contributed by atoms with Crippen molar-refractivity contribution in [2.45, 2.75) is 57.9 Å². The van der Waals surface area contributed by atoms with E-state index in [2.05, 4.69) is 10.2 Å². The van der Waals surface area contributed by atoms with Gasteiger partial charge in [0.2, 0.25) is 5.91 Å². The highest BCUT2D eigenvalue weighted by molar-refractivity contribution is 6.02. The van der Waals surface area contributed by atoms with Gasteiger partial charge in [-0.3, -0.25) is 14.5 Å². The average Bonchev–Trinajstić information content (AvgIpc) is 2.80. The first-order valence-corrected chi connectivity index (χ1v) is 13.3. The van der Waals surface area contributed by atoms with E-state index in [4.69, 9.17) is 4.74 Å². The molecule has 1 N–H and O–H groups in total. The van der Waals surface area contributed by atoms with E-state index < -0.39 is 0 Å². The summed E-state index contributed by atoms with van der Waals surface area (Å²) in [6, 6.07) is 7.70. The zero-order valence-corrected chi connectivity index (χ0v) is 20.1. The van der Waals surface area contributed by atoms with Crippen LogP contribution in [0.5, 0.6) is 0 Å². The molecule has 7 rings (SSSR count). The third kappa shape index (κ3) is 4.42. The molecule has 0 radical (unpaired) electrons. The maximum absolute atomic E-state index is 13.2. The number of rotatable bonds is 7. The van der Waals surface area contributed by atoms with E-state index in [-0.39, 0.29) is 16.9 Å². The van der Waals surface area contributed by atoms with E-state index >= 15 is 0 Å². The molecule has 0 unspecified atom stereocenters. The van der Waals surface area contributed by atoms with Crippen LogP contribution in [0.25, 0.3) is 10.8 Å². The van der Waals surface area contributed by atoms with Gasteiger partial charge in [0.15, 0.2) is 0 Å². The molecule has 4 bridgehead atoms. The minimum Gasteiger partial charge on any atom is -0.379 e. The SMILES string of the molecule is O=C(CC12CC3CC(CC(C3)C1)C2)Nc1cccc2c(=O)n(CCCN3CCOCC3)ccc12. The van der Waals surface area contributed by atoms with Gasteiger partial charge in [0.1, 0.15) is 0 Å². The molecule has 0 spiro atoms. The Kier molecular flexibility index (Phi) is 5.98. The predicted octanol–water partition coefficient (Wildman–Crippen LogP) is 4.27. The lowest BCUT2D eigenvalue weighted by atomic mass is 9.49. The van der Waals surface area contributed by atoms with E-state index in [1.807, 2.05) is 35.0 Å². The molecular formula is C28H37N3O3. The van der Waals surface area contributed by atoms with Gasteiger partial charge in [0.05, 0.1) is 13.2 Å². The van der Waals surface area contributed by atoms with Crippen molar-refractivity contribution in [1.82, 2.24) is 9.47 Å². The van der Waals surface area contributed by atoms with Gasteiger partial charge in [0, 0.05) is 55.3 Å². The number of nitrogens with zero attached hydrogens (tertiary/aromatic N) is 2. The second kappa shape index (κ2) is 9.12. The lowest BCUT2D eigenvalue weighted by Gasteiger charge is -2.56. The molecule has 4 saturated carbocycles. The molecule has 1 aromatic heterocycles. The third-order valence-electron chi connectivity index (χ3n) is 8.97. The van der Waals surface area contributed by atoms with Gasteiger partial charge in [-0.1, -0.05) is 6.07 Å². The summed E-state index contributed by atoms with van der Waals surface area (Å²) in [4.78, 5) is 28.7. The maximum atomic E-state index is 13.2. The van der Waals surface area contributed by atoms with Crippen molar-refractivity contribution in [3.63, 3.8) is 0 Å². The van der Waals surface area contributed by atoms with Crippen molar-refractivity contribution in [2.24, 2.45) is 23.2 Å². The van der Waals surface area contributed by atoms with Crippen LogP contribution in [0.4, 0.5) is 5.69 Å². The Morgan fingerprint density at radius 1 is 0.971 bits per heavy atom. The summed E-state index contributed by atoms with van der Waals surface area (Å²) in [5.41, 5.74) is 1.01. The Morgan fingerprint density at radius 3 is 2.38 bits per heavy atom. The van der Waals surface area contributed by atoms with Crippen molar-refractivity contribution in [1.29, 1.82) is 0 Å². The lowest BCUT2D eigenvalue weighted by Crippen LogP contribution is -2.47. The number of nitrogens with one attached hydrogen (secondary N) is 1. The van der Waals surface area contributed by atoms with Gasteiger partial charge in [0.25, 0.3) is 5.56 Å².